The molecule has 0 spiro atoms. The molecule has 12 nitrogen and oxygen atoms in total. The molecule has 5 rings (SSSR count). The largest absolute Gasteiger partial charge is 0.417 e. The predicted molar refractivity (Wildman–Crippen MR) is 137 cm³/mol. The molecular formula is C25H26N8O4. The fraction of sp³-hybridized carbons (Fsp3) is 0.240. The molecule has 0 saturated heterocycles. The van der Waals surface area contributed by atoms with Gasteiger partial charge in [-0.2, -0.15) is 0 Å². The van der Waals surface area contributed by atoms with Crippen LogP contribution in [0.2, 0.25) is 0 Å². The van der Waals surface area contributed by atoms with Crippen molar-refractivity contribution in [1.29, 1.82) is 0 Å². The third-order valence-corrected chi connectivity index (χ3v) is 5.76. The number of benzene rings is 1. The molecule has 37 heavy (non-hydrogen) atoms. The van der Waals surface area contributed by atoms with Gasteiger partial charge >= 0.3 is 0 Å². The van der Waals surface area contributed by atoms with Crippen molar-refractivity contribution < 1.29 is 14.6 Å². The molecule has 0 fully saturated rings. The van der Waals surface area contributed by atoms with Crippen molar-refractivity contribution in [3.8, 4) is 11.5 Å². The van der Waals surface area contributed by atoms with Crippen LogP contribution in [0.15, 0.2) is 63.9 Å². The fourth-order valence-corrected chi connectivity index (χ4v) is 3.85. The Bertz CT molecular complexity index is 1600. The van der Waals surface area contributed by atoms with Crippen LogP contribution in [0, 0.1) is 0 Å². The number of nitrogens with zero attached hydrogens (tertiary/aromatic N) is 5. The standard InChI is InChI=1S/C25H26N8O4/c1-25(2,36)24-31-30-23(37-24)16-12-26-20(11-17(16)27-18(13-34)14-7-5-4-6-8-14)28-19-10-9-15-21(29-19)33(3)32-22(15)35/h4-12,18,34,36H,13H2,1-3H3,(H,32,35)(H2,26,27,28,29)/t18-/m1/s1. The summed E-state index contributed by atoms with van der Waals surface area (Å²) in [4.78, 5) is 21.0. The number of rotatable bonds is 8. The molecule has 1 atom stereocenters. The Morgan fingerprint density at radius 1 is 1.14 bits per heavy atom. The van der Waals surface area contributed by atoms with E-state index < -0.39 is 11.6 Å². The lowest BCUT2D eigenvalue weighted by Gasteiger charge is -2.20. The van der Waals surface area contributed by atoms with Crippen LogP contribution in [0.3, 0.4) is 0 Å². The van der Waals surface area contributed by atoms with Crippen LogP contribution in [-0.4, -0.2) is 46.8 Å². The molecule has 1 aromatic carbocycles. The number of aliphatic hydroxyl groups excluding tert-OH is 1. The first-order chi connectivity index (χ1) is 17.7. The van der Waals surface area contributed by atoms with Gasteiger partial charge < -0.3 is 25.3 Å². The van der Waals surface area contributed by atoms with Crippen molar-refractivity contribution in [2.45, 2.75) is 25.5 Å². The lowest BCUT2D eigenvalue weighted by atomic mass is 10.1. The zero-order valence-corrected chi connectivity index (χ0v) is 20.4. The highest BCUT2D eigenvalue weighted by Gasteiger charge is 2.26. The first-order valence-corrected chi connectivity index (χ1v) is 11.5. The number of aliphatic hydroxyl groups is 2. The fourth-order valence-electron chi connectivity index (χ4n) is 3.85. The molecule has 4 heterocycles. The van der Waals surface area contributed by atoms with Gasteiger partial charge in [-0.05, 0) is 31.5 Å². The van der Waals surface area contributed by atoms with Crippen molar-refractivity contribution in [3.05, 3.63) is 76.5 Å². The average Bonchev–Trinajstić information content (AvgIpc) is 3.48. The summed E-state index contributed by atoms with van der Waals surface area (Å²) in [5, 5.41) is 38.1. The molecule has 190 valence electrons. The van der Waals surface area contributed by atoms with Crippen LogP contribution >= 0.6 is 0 Å². The summed E-state index contributed by atoms with van der Waals surface area (Å²) in [6.07, 6.45) is 1.55. The Morgan fingerprint density at radius 2 is 1.92 bits per heavy atom. The zero-order chi connectivity index (χ0) is 26.2. The van der Waals surface area contributed by atoms with Crippen LogP contribution < -0.4 is 16.2 Å². The van der Waals surface area contributed by atoms with Crippen molar-refractivity contribution in [3.63, 3.8) is 0 Å². The first kappa shape index (κ1) is 24.2. The van der Waals surface area contributed by atoms with Gasteiger partial charge in [0, 0.05) is 19.3 Å². The van der Waals surface area contributed by atoms with E-state index in [0.717, 1.165) is 5.56 Å². The van der Waals surface area contributed by atoms with Gasteiger partial charge in [0.1, 0.15) is 17.2 Å². The second kappa shape index (κ2) is 9.48. The molecule has 0 unspecified atom stereocenters. The van der Waals surface area contributed by atoms with Gasteiger partial charge in [0.2, 0.25) is 5.89 Å². The van der Waals surface area contributed by atoms with Gasteiger partial charge in [0.15, 0.2) is 5.65 Å². The molecular weight excluding hydrogens is 476 g/mol. The normalized spacial score (nSPS) is 12.6. The quantitative estimate of drug-likeness (QED) is 0.213. The van der Waals surface area contributed by atoms with Crippen LogP contribution in [0.5, 0.6) is 0 Å². The number of hydrogen-bond acceptors (Lipinski definition) is 10. The van der Waals surface area contributed by atoms with Gasteiger partial charge in [0.25, 0.3) is 11.4 Å². The highest BCUT2D eigenvalue weighted by Crippen LogP contribution is 2.33. The summed E-state index contributed by atoms with van der Waals surface area (Å²) in [5.41, 5.74) is 0.894. The molecule has 0 aliphatic rings. The highest BCUT2D eigenvalue weighted by atomic mass is 16.4. The number of hydrogen-bond donors (Lipinski definition) is 5. The predicted octanol–water partition coefficient (Wildman–Crippen LogP) is 2.82. The summed E-state index contributed by atoms with van der Waals surface area (Å²) in [6.45, 7) is 2.93. The van der Waals surface area contributed by atoms with Gasteiger partial charge in [-0.3, -0.25) is 14.6 Å². The third-order valence-electron chi connectivity index (χ3n) is 5.76. The zero-order valence-electron chi connectivity index (χ0n) is 20.4. The van der Waals surface area contributed by atoms with E-state index in [1.54, 1.807) is 50.0 Å². The van der Waals surface area contributed by atoms with Crippen LogP contribution in [0.1, 0.15) is 31.3 Å². The van der Waals surface area contributed by atoms with E-state index in [0.29, 0.717) is 33.9 Å². The average molecular weight is 503 g/mol. The molecule has 0 amide bonds. The number of aromatic nitrogens is 6. The number of nitrogens with one attached hydrogen (secondary N) is 3. The second-order valence-corrected chi connectivity index (χ2v) is 9.07. The summed E-state index contributed by atoms with van der Waals surface area (Å²) in [5.74, 6) is 1.15. The van der Waals surface area contributed by atoms with Crippen molar-refractivity contribution in [2.75, 3.05) is 17.2 Å². The Morgan fingerprint density at radius 3 is 2.62 bits per heavy atom. The smallest absolute Gasteiger partial charge is 0.273 e. The minimum absolute atomic E-state index is 0.0621. The van der Waals surface area contributed by atoms with Crippen LogP contribution in [0.4, 0.5) is 17.3 Å². The van der Waals surface area contributed by atoms with Crippen molar-refractivity contribution >= 4 is 28.4 Å². The van der Waals surface area contributed by atoms with E-state index in [1.165, 1.54) is 0 Å². The number of pyridine rings is 2. The topological polar surface area (TPSA) is 167 Å². The third kappa shape index (κ3) is 4.92. The number of aryl methyl sites for hydroxylation is 1. The van der Waals surface area contributed by atoms with Crippen molar-refractivity contribution in [2.24, 2.45) is 7.05 Å². The molecule has 0 bridgehead atoms. The van der Waals surface area contributed by atoms with Gasteiger partial charge in [-0.1, -0.05) is 30.3 Å². The SMILES string of the molecule is Cn1[nH]c(=O)c2ccc(Nc3cc(N[C@H](CO)c4ccccc4)c(-c4nnc(C(C)(C)O)o4)cn3)nc21. The van der Waals surface area contributed by atoms with E-state index in [2.05, 4.69) is 35.9 Å². The van der Waals surface area contributed by atoms with Crippen molar-refractivity contribution in [1.82, 2.24) is 29.9 Å². The number of fused-ring (bicyclic) bond motifs is 1. The molecule has 5 aromatic rings. The molecule has 12 heteroatoms. The summed E-state index contributed by atoms with van der Waals surface area (Å²) < 4.78 is 7.28. The first-order valence-electron chi connectivity index (χ1n) is 11.5. The van der Waals surface area contributed by atoms with E-state index in [-0.39, 0.29) is 23.9 Å². The van der Waals surface area contributed by atoms with Gasteiger partial charge in [0.05, 0.1) is 29.3 Å². The van der Waals surface area contributed by atoms with E-state index in [1.807, 2.05) is 30.3 Å². The molecule has 0 aliphatic carbocycles. The summed E-state index contributed by atoms with van der Waals surface area (Å²) in [6, 6.07) is 14.2. The number of anilines is 3. The Kier molecular flexibility index (Phi) is 6.19. The minimum atomic E-state index is -1.31. The monoisotopic (exact) mass is 502 g/mol. The maximum absolute atomic E-state index is 12.0. The Hall–Kier alpha value is -4.55. The van der Waals surface area contributed by atoms with Gasteiger partial charge in [-0.25, -0.2) is 9.97 Å². The number of aromatic amines is 1. The highest BCUT2D eigenvalue weighted by molar-refractivity contribution is 5.78. The molecule has 5 N–H and O–H groups in total. The van der Waals surface area contributed by atoms with E-state index in [4.69, 9.17) is 4.42 Å². The maximum atomic E-state index is 12.0. The van der Waals surface area contributed by atoms with Crippen LogP contribution in [-0.2, 0) is 12.6 Å². The minimum Gasteiger partial charge on any atom is -0.417 e. The molecule has 0 radical (unpaired) electrons. The van der Waals surface area contributed by atoms with E-state index in [9.17, 15) is 15.0 Å². The Labute approximate surface area is 211 Å². The van der Waals surface area contributed by atoms with Crippen LogP contribution in [0.25, 0.3) is 22.5 Å². The Balaban J connectivity index is 1.53. The molecule has 4 aromatic heterocycles. The lowest BCUT2D eigenvalue weighted by Crippen LogP contribution is -2.16. The molecule has 0 aliphatic heterocycles. The number of H-pyrrole nitrogens is 1. The summed E-state index contributed by atoms with van der Waals surface area (Å²) in [7, 11) is 1.71. The maximum Gasteiger partial charge on any atom is 0.273 e. The molecule has 0 saturated carbocycles. The lowest BCUT2D eigenvalue weighted by molar-refractivity contribution is 0.0488. The van der Waals surface area contributed by atoms with E-state index >= 15 is 0 Å². The van der Waals surface area contributed by atoms with Gasteiger partial charge in [-0.15, -0.1) is 10.2 Å². The summed E-state index contributed by atoms with van der Waals surface area (Å²) >= 11 is 0. The second-order valence-electron chi connectivity index (χ2n) is 9.07.